The number of nitrogens with zero attached hydrogens (tertiary/aromatic N) is 3. The number of carbonyl (C=O) groups is 1. The van der Waals surface area contributed by atoms with Crippen LogP contribution in [0.1, 0.15) is 24.0 Å². The van der Waals surface area contributed by atoms with Gasteiger partial charge in [-0.3, -0.25) is 4.79 Å². The van der Waals surface area contributed by atoms with E-state index in [9.17, 15) is 18.5 Å². The van der Waals surface area contributed by atoms with E-state index in [0.29, 0.717) is 35.5 Å². The first-order valence-electron chi connectivity index (χ1n) is 9.81. The number of hydrogen-bond acceptors (Lipinski definition) is 5. The SMILES string of the molecule is N#Cc1c(COC(=O)[C@H]2CCCN(S(=O)(=O)c3ccc(Cl)cc3)C2)cn2ccccc12. The molecule has 3 aromatic rings. The number of rotatable bonds is 5. The summed E-state index contributed by atoms with van der Waals surface area (Å²) in [7, 11) is -3.72. The summed E-state index contributed by atoms with van der Waals surface area (Å²) < 4.78 is 34.4. The Morgan fingerprint density at radius 1 is 1.23 bits per heavy atom. The summed E-state index contributed by atoms with van der Waals surface area (Å²) in [5.41, 5.74) is 1.82. The molecule has 0 bridgehead atoms. The Bertz CT molecular complexity index is 1260. The first-order valence-corrected chi connectivity index (χ1v) is 11.6. The first-order chi connectivity index (χ1) is 14.9. The average molecular weight is 458 g/mol. The van der Waals surface area contributed by atoms with Crippen LogP contribution in [0.2, 0.25) is 5.02 Å². The van der Waals surface area contributed by atoms with Gasteiger partial charge in [-0.15, -0.1) is 0 Å². The predicted molar refractivity (Wildman–Crippen MR) is 115 cm³/mol. The largest absolute Gasteiger partial charge is 0.460 e. The van der Waals surface area contributed by atoms with Crippen LogP contribution in [0.3, 0.4) is 0 Å². The third kappa shape index (κ3) is 4.30. The number of halogens is 1. The Hall–Kier alpha value is -2.86. The maximum atomic E-state index is 12.9. The van der Waals surface area contributed by atoms with Crippen LogP contribution in [0.5, 0.6) is 0 Å². The van der Waals surface area contributed by atoms with E-state index in [4.69, 9.17) is 16.3 Å². The molecule has 0 unspecified atom stereocenters. The molecule has 1 fully saturated rings. The van der Waals surface area contributed by atoms with Crippen molar-refractivity contribution in [3.05, 3.63) is 71.0 Å². The minimum Gasteiger partial charge on any atom is -0.460 e. The molecule has 7 nitrogen and oxygen atoms in total. The summed E-state index contributed by atoms with van der Waals surface area (Å²) >= 11 is 5.85. The highest BCUT2D eigenvalue weighted by atomic mass is 35.5. The number of piperidine rings is 1. The lowest BCUT2D eigenvalue weighted by Crippen LogP contribution is -2.42. The molecular weight excluding hydrogens is 438 g/mol. The molecule has 31 heavy (non-hydrogen) atoms. The van der Waals surface area contributed by atoms with Crippen molar-refractivity contribution in [2.75, 3.05) is 13.1 Å². The number of benzene rings is 1. The highest BCUT2D eigenvalue weighted by Crippen LogP contribution is 2.26. The molecule has 0 spiro atoms. The smallest absolute Gasteiger partial charge is 0.310 e. The fourth-order valence-corrected chi connectivity index (χ4v) is 5.44. The second-order valence-corrected chi connectivity index (χ2v) is 9.77. The topological polar surface area (TPSA) is 91.9 Å². The van der Waals surface area contributed by atoms with Crippen LogP contribution in [-0.4, -0.2) is 36.2 Å². The van der Waals surface area contributed by atoms with Gasteiger partial charge in [0.1, 0.15) is 12.7 Å². The summed E-state index contributed by atoms with van der Waals surface area (Å²) in [5.74, 6) is -1.02. The summed E-state index contributed by atoms with van der Waals surface area (Å²) in [6, 6.07) is 13.6. The standard InChI is InChI=1S/C22H20ClN3O4S/c23-18-6-8-19(9-7-18)31(28,29)26-11-3-4-16(14-26)22(27)30-15-17-13-25-10-2-1-5-21(25)20(17)12-24/h1-2,5-10,13,16H,3-4,11,14-15H2/t16-/m0/s1. The highest BCUT2D eigenvalue weighted by molar-refractivity contribution is 7.89. The van der Waals surface area contributed by atoms with Crippen molar-refractivity contribution >= 4 is 33.1 Å². The lowest BCUT2D eigenvalue weighted by molar-refractivity contribution is -0.151. The van der Waals surface area contributed by atoms with Crippen LogP contribution < -0.4 is 0 Å². The quantitative estimate of drug-likeness (QED) is 0.546. The van der Waals surface area contributed by atoms with Crippen LogP contribution >= 0.6 is 11.6 Å². The number of hydrogen-bond donors (Lipinski definition) is 0. The van der Waals surface area contributed by atoms with E-state index in [1.807, 2.05) is 28.8 Å². The molecular formula is C22H20ClN3O4S. The van der Waals surface area contributed by atoms with Crippen molar-refractivity contribution in [3.8, 4) is 6.07 Å². The molecule has 0 aliphatic carbocycles. The number of nitriles is 1. The van der Waals surface area contributed by atoms with Crippen molar-refractivity contribution in [1.82, 2.24) is 8.71 Å². The van der Waals surface area contributed by atoms with E-state index >= 15 is 0 Å². The zero-order valence-corrected chi connectivity index (χ0v) is 18.1. The molecule has 9 heteroatoms. The van der Waals surface area contributed by atoms with Gasteiger partial charge in [0.2, 0.25) is 10.0 Å². The third-order valence-corrected chi connectivity index (χ3v) is 7.54. The summed E-state index contributed by atoms with van der Waals surface area (Å²) in [6.07, 6.45) is 4.70. The van der Waals surface area contributed by atoms with Gasteiger partial charge in [-0.05, 0) is 49.2 Å². The van der Waals surface area contributed by atoms with Crippen LogP contribution in [0.15, 0.2) is 59.8 Å². The fourth-order valence-electron chi connectivity index (χ4n) is 3.79. The number of carbonyl (C=O) groups excluding carboxylic acids is 1. The monoisotopic (exact) mass is 457 g/mol. The van der Waals surface area contributed by atoms with Gasteiger partial charge >= 0.3 is 5.97 Å². The number of esters is 1. The van der Waals surface area contributed by atoms with Crippen molar-refractivity contribution in [3.63, 3.8) is 0 Å². The first kappa shape index (κ1) is 21.4. The summed E-state index contributed by atoms with van der Waals surface area (Å²) in [4.78, 5) is 12.8. The van der Waals surface area contributed by atoms with Gasteiger partial charge in [0.05, 0.1) is 21.9 Å². The molecule has 1 aliphatic rings. The second-order valence-electron chi connectivity index (χ2n) is 7.40. The van der Waals surface area contributed by atoms with Crippen LogP contribution in [-0.2, 0) is 26.2 Å². The van der Waals surface area contributed by atoms with Crippen molar-refractivity contribution in [2.45, 2.75) is 24.3 Å². The number of ether oxygens (including phenoxy) is 1. The van der Waals surface area contributed by atoms with E-state index < -0.39 is 21.9 Å². The zero-order valence-electron chi connectivity index (χ0n) is 16.6. The Balaban J connectivity index is 1.45. The Morgan fingerprint density at radius 3 is 2.74 bits per heavy atom. The maximum absolute atomic E-state index is 12.9. The Labute approximate surface area is 185 Å². The van der Waals surface area contributed by atoms with Gasteiger partial charge < -0.3 is 9.14 Å². The van der Waals surface area contributed by atoms with Crippen LogP contribution in [0.25, 0.3) is 5.52 Å². The molecule has 0 amide bonds. The minimum atomic E-state index is -3.72. The molecule has 3 heterocycles. The van der Waals surface area contributed by atoms with Crippen molar-refractivity contribution < 1.29 is 17.9 Å². The molecule has 160 valence electrons. The molecule has 1 aromatic carbocycles. The van der Waals surface area contributed by atoms with Crippen LogP contribution in [0.4, 0.5) is 0 Å². The second kappa shape index (κ2) is 8.71. The molecule has 2 aromatic heterocycles. The van der Waals surface area contributed by atoms with Gasteiger partial charge in [0, 0.05) is 36.1 Å². The van der Waals surface area contributed by atoms with Gasteiger partial charge in [0.25, 0.3) is 0 Å². The summed E-state index contributed by atoms with van der Waals surface area (Å²) in [6.45, 7) is 0.370. The van der Waals surface area contributed by atoms with Crippen molar-refractivity contribution in [2.24, 2.45) is 5.92 Å². The fraction of sp³-hybridized carbons (Fsp3) is 0.273. The normalized spacial score (nSPS) is 17.4. The predicted octanol–water partition coefficient (Wildman–Crippen LogP) is 3.61. The Morgan fingerprint density at radius 2 is 2.00 bits per heavy atom. The van der Waals surface area contributed by atoms with Crippen molar-refractivity contribution in [1.29, 1.82) is 5.26 Å². The maximum Gasteiger partial charge on any atom is 0.310 e. The van der Waals surface area contributed by atoms with E-state index in [1.54, 1.807) is 6.20 Å². The van der Waals surface area contributed by atoms with Gasteiger partial charge in [-0.2, -0.15) is 9.57 Å². The molecule has 1 atom stereocenters. The number of pyridine rings is 1. The van der Waals surface area contributed by atoms with E-state index in [2.05, 4.69) is 6.07 Å². The lowest BCUT2D eigenvalue weighted by Gasteiger charge is -2.30. The average Bonchev–Trinajstić information content (AvgIpc) is 3.15. The Kier molecular flexibility index (Phi) is 6.01. The molecule has 4 rings (SSSR count). The number of aromatic nitrogens is 1. The molecule has 1 aliphatic heterocycles. The van der Waals surface area contributed by atoms with E-state index in [-0.39, 0.29) is 18.0 Å². The van der Waals surface area contributed by atoms with Gasteiger partial charge in [-0.1, -0.05) is 17.7 Å². The van der Waals surface area contributed by atoms with E-state index in [1.165, 1.54) is 28.6 Å². The third-order valence-electron chi connectivity index (χ3n) is 5.41. The molecule has 0 N–H and O–H groups in total. The van der Waals surface area contributed by atoms with Crippen LogP contribution in [0, 0.1) is 17.2 Å². The minimum absolute atomic E-state index is 0.0379. The van der Waals surface area contributed by atoms with Gasteiger partial charge in [0.15, 0.2) is 0 Å². The zero-order chi connectivity index (χ0) is 22.0. The van der Waals surface area contributed by atoms with E-state index in [0.717, 1.165) is 5.52 Å². The highest BCUT2D eigenvalue weighted by Gasteiger charge is 2.34. The number of fused-ring (bicyclic) bond motifs is 1. The van der Waals surface area contributed by atoms with Gasteiger partial charge in [-0.25, -0.2) is 8.42 Å². The molecule has 1 saturated heterocycles. The molecule has 0 radical (unpaired) electrons. The summed E-state index contributed by atoms with van der Waals surface area (Å²) in [5, 5.41) is 9.94. The number of sulfonamides is 1. The molecule has 0 saturated carbocycles. The lowest BCUT2D eigenvalue weighted by atomic mass is 10.00.